The first-order valence-corrected chi connectivity index (χ1v) is 7.38. The lowest BCUT2D eigenvalue weighted by Gasteiger charge is -2.07. The Balaban J connectivity index is 1.90. The van der Waals surface area contributed by atoms with Gasteiger partial charge >= 0.3 is 5.97 Å². The van der Waals surface area contributed by atoms with Crippen molar-refractivity contribution >= 4 is 23.2 Å². The molecule has 0 saturated heterocycles. The standard InChI is InChI=1S/C15H16N2O3S/c1-9-3-4-11(10(2)7-9)14(18)16-6-5-13-17-12(8-21-13)15(19)20/h3-4,7-8H,5-6H2,1-2H3,(H,16,18)(H,19,20). The average molecular weight is 304 g/mol. The Morgan fingerprint density at radius 2 is 2.10 bits per heavy atom. The highest BCUT2D eigenvalue weighted by molar-refractivity contribution is 7.09. The molecule has 0 unspecified atom stereocenters. The number of benzene rings is 1. The summed E-state index contributed by atoms with van der Waals surface area (Å²) in [5, 5.41) is 13.8. The molecule has 2 rings (SSSR count). The van der Waals surface area contributed by atoms with Crippen LogP contribution in [-0.4, -0.2) is 28.5 Å². The number of hydrogen-bond donors (Lipinski definition) is 2. The number of amides is 1. The van der Waals surface area contributed by atoms with Gasteiger partial charge in [0.05, 0.1) is 5.01 Å². The number of nitrogens with zero attached hydrogens (tertiary/aromatic N) is 1. The number of thiazole rings is 1. The number of nitrogens with one attached hydrogen (secondary N) is 1. The maximum absolute atomic E-state index is 12.1. The molecule has 0 aliphatic rings. The summed E-state index contributed by atoms with van der Waals surface area (Å²) < 4.78 is 0. The van der Waals surface area contributed by atoms with Crippen LogP contribution in [0.5, 0.6) is 0 Å². The van der Waals surface area contributed by atoms with Gasteiger partial charge in [-0.15, -0.1) is 11.3 Å². The lowest BCUT2D eigenvalue weighted by molar-refractivity contribution is 0.0690. The minimum Gasteiger partial charge on any atom is -0.476 e. The molecule has 21 heavy (non-hydrogen) atoms. The van der Waals surface area contributed by atoms with Crippen LogP contribution in [0.15, 0.2) is 23.6 Å². The summed E-state index contributed by atoms with van der Waals surface area (Å²) in [6.45, 7) is 4.32. The van der Waals surface area contributed by atoms with Crippen LogP contribution in [0.3, 0.4) is 0 Å². The molecule has 110 valence electrons. The van der Waals surface area contributed by atoms with Gasteiger partial charge in [0, 0.05) is 23.9 Å². The van der Waals surface area contributed by atoms with E-state index in [4.69, 9.17) is 5.11 Å². The van der Waals surface area contributed by atoms with E-state index in [0.717, 1.165) is 11.1 Å². The predicted molar refractivity (Wildman–Crippen MR) is 81.0 cm³/mol. The second-order valence-electron chi connectivity index (χ2n) is 4.76. The van der Waals surface area contributed by atoms with Crippen molar-refractivity contribution in [2.45, 2.75) is 20.3 Å². The first-order chi connectivity index (χ1) is 9.97. The monoisotopic (exact) mass is 304 g/mol. The average Bonchev–Trinajstić information content (AvgIpc) is 2.87. The smallest absolute Gasteiger partial charge is 0.355 e. The van der Waals surface area contributed by atoms with Crippen LogP contribution in [0, 0.1) is 13.8 Å². The summed E-state index contributed by atoms with van der Waals surface area (Å²) >= 11 is 1.29. The Labute approximate surface area is 126 Å². The number of aromatic carboxylic acids is 1. The van der Waals surface area contributed by atoms with Crippen LogP contribution in [0.4, 0.5) is 0 Å². The van der Waals surface area contributed by atoms with Crippen molar-refractivity contribution in [3.63, 3.8) is 0 Å². The lowest BCUT2D eigenvalue weighted by atomic mass is 10.1. The van der Waals surface area contributed by atoms with Gasteiger partial charge in [-0.25, -0.2) is 9.78 Å². The van der Waals surface area contributed by atoms with E-state index in [2.05, 4.69) is 10.3 Å². The zero-order chi connectivity index (χ0) is 15.4. The third kappa shape index (κ3) is 3.88. The van der Waals surface area contributed by atoms with Crippen molar-refractivity contribution in [2.75, 3.05) is 6.54 Å². The zero-order valence-electron chi connectivity index (χ0n) is 11.8. The van der Waals surface area contributed by atoms with Crippen LogP contribution in [0.1, 0.15) is 37.0 Å². The summed E-state index contributed by atoms with van der Waals surface area (Å²) in [6.07, 6.45) is 0.522. The Morgan fingerprint density at radius 1 is 1.33 bits per heavy atom. The molecule has 0 fully saturated rings. The maximum atomic E-state index is 12.1. The van der Waals surface area contributed by atoms with Gasteiger partial charge in [0.2, 0.25) is 0 Å². The van der Waals surface area contributed by atoms with Crippen LogP contribution in [0.25, 0.3) is 0 Å². The highest BCUT2D eigenvalue weighted by Gasteiger charge is 2.10. The summed E-state index contributed by atoms with van der Waals surface area (Å²) in [4.78, 5) is 26.8. The van der Waals surface area contributed by atoms with Crippen LogP contribution in [0.2, 0.25) is 0 Å². The third-order valence-electron chi connectivity index (χ3n) is 3.02. The van der Waals surface area contributed by atoms with E-state index in [1.807, 2.05) is 32.0 Å². The van der Waals surface area contributed by atoms with Crippen LogP contribution in [-0.2, 0) is 6.42 Å². The highest BCUT2D eigenvalue weighted by atomic mass is 32.1. The summed E-state index contributed by atoms with van der Waals surface area (Å²) in [6, 6.07) is 5.68. The van der Waals surface area contributed by atoms with E-state index < -0.39 is 5.97 Å². The highest BCUT2D eigenvalue weighted by Crippen LogP contribution is 2.12. The Kier molecular flexibility index (Phi) is 4.70. The molecule has 0 radical (unpaired) electrons. The predicted octanol–water partition coefficient (Wildman–Crippen LogP) is 2.43. The molecule has 1 heterocycles. The van der Waals surface area contributed by atoms with E-state index in [-0.39, 0.29) is 11.6 Å². The quantitative estimate of drug-likeness (QED) is 0.889. The van der Waals surface area contributed by atoms with E-state index >= 15 is 0 Å². The van der Waals surface area contributed by atoms with Gasteiger partial charge in [0.1, 0.15) is 0 Å². The van der Waals surface area contributed by atoms with E-state index in [0.29, 0.717) is 23.5 Å². The summed E-state index contributed by atoms with van der Waals surface area (Å²) in [5.74, 6) is -1.15. The van der Waals surface area contributed by atoms with Gasteiger partial charge in [-0.2, -0.15) is 0 Å². The van der Waals surface area contributed by atoms with Gasteiger partial charge < -0.3 is 10.4 Å². The molecule has 6 heteroatoms. The van der Waals surface area contributed by atoms with E-state index in [9.17, 15) is 9.59 Å². The maximum Gasteiger partial charge on any atom is 0.355 e. The number of carbonyl (C=O) groups excluding carboxylic acids is 1. The van der Waals surface area contributed by atoms with Crippen molar-refractivity contribution < 1.29 is 14.7 Å². The van der Waals surface area contributed by atoms with Crippen LogP contribution < -0.4 is 5.32 Å². The lowest BCUT2D eigenvalue weighted by Crippen LogP contribution is -2.26. The molecular weight excluding hydrogens is 288 g/mol. The molecule has 1 aromatic heterocycles. The van der Waals surface area contributed by atoms with Gasteiger partial charge in [0.15, 0.2) is 5.69 Å². The third-order valence-corrected chi connectivity index (χ3v) is 3.93. The summed E-state index contributed by atoms with van der Waals surface area (Å²) in [7, 11) is 0. The fourth-order valence-electron chi connectivity index (χ4n) is 1.97. The molecule has 0 saturated carbocycles. The molecule has 0 spiro atoms. The molecular formula is C15H16N2O3S. The fourth-order valence-corrected chi connectivity index (χ4v) is 2.74. The zero-order valence-corrected chi connectivity index (χ0v) is 12.7. The second kappa shape index (κ2) is 6.49. The second-order valence-corrected chi connectivity index (χ2v) is 5.70. The number of rotatable bonds is 5. The fraction of sp³-hybridized carbons (Fsp3) is 0.267. The number of hydrogen-bond acceptors (Lipinski definition) is 4. The number of carboxylic acid groups (broad SMARTS) is 1. The normalized spacial score (nSPS) is 10.4. The number of aromatic nitrogens is 1. The number of aryl methyl sites for hydroxylation is 2. The first kappa shape index (κ1) is 15.2. The van der Waals surface area contributed by atoms with E-state index in [1.54, 1.807) is 0 Å². The van der Waals surface area contributed by atoms with E-state index in [1.165, 1.54) is 16.7 Å². The Hall–Kier alpha value is -2.21. The van der Waals surface area contributed by atoms with Crippen molar-refractivity contribution in [1.29, 1.82) is 0 Å². The molecule has 1 amide bonds. The molecule has 5 nitrogen and oxygen atoms in total. The number of carboxylic acids is 1. The van der Waals surface area contributed by atoms with Crippen molar-refractivity contribution in [3.8, 4) is 0 Å². The van der Waals surface area contributed by atoms with Crippen molar-refractivity contribution in [3.05, 3.63) is 51.0 Å². The van der Waals surface area contributed by atoms with Gasteiger partial charge in [-0.1, -0.05) is 17.7 Å². The largest absolute Gasteiger partial charge is 0.476 e. The molecule has 0 atom stereocenters. The Morgan fingerprint density at radius 3 is 2.71 bits per heavy atom. The molecule has 2 aromatic rings. The topological polar surface area (TPSA) is 79.3 Å². The van der Waals surface area contributed by atoms with Crippen molar-refractivity contribution in [1.82, 2.24) is 10.3 Å². The summed E-state index contributed by atoms with van der Waals surface area (Å²) in [5.41, 5.74) is 2.77. The molecule has 2 N–H and O–H groups in total. The molecule has 1 aromatic carbocycles. The minimum atomic E-state index is -1.03. The van der Waals surface area contributed by atoms with Gasteiger partial charge in [0.25, 0.3) is 5.91 Å². The molecule has 0 aliphatic carbocycles. The van der Waals surface area contributed by atoms with Crippen LogP contribution >= 0.6 is 11.3 Å². The molecule has 0 bridgehead atoms. The SMILES string of the molecule is Cc1ccc(C(=O)NCCc2nc(C(=O)O)cs2)c(C)c1. The van der Waals surface area contributed by atoms with Gasteiger partial charge in [-0.3, -0.25) is 4.79 Å². The first-order valence-electron chi connectivity index (χ1n) is 6.50. The Bertz CT molecular complexity index is 679. The molecule has 0 aliphatic heterocycles. The van der Waals surface area contributed by atoms with Crippen molar-refractivity contribution in [2.24, 2.45) is 0 Å². The van der Waals surface area contributed by atoms with Gasteiger partial charge in [-0.05, 0) is 25.5 Å². The number of carbonyl (C=O) groups is 2. The minimum absolute atomic E-state index is 0.0516.